The van der Waals surface area contributed by atoms with Crippen LogP contribution in [0.3, 0.4) is 0 Å². The molecule has 1 fully saturated rings. The van der Waals surface area contributed by atoms with Crippen molar-refractivity contribution in [2.45, 2.75) is 171 Å². The standard InChI is InChI=1S/C90H106N12O13S3/c1-57(103)81(82(92)106)100-88(112)73-56-117-116-55-72(98-83(107)67(91)51-58-27-11-9-12-28-58)87(111)96-70(52-59-39-43-63(104)44-40-59)85(109)97-71(53-62-54-94-68-34-21-20-31-64(62)68)86(110)95-69(84(108)99-73)35-22-23-47-93-78(105)38-15-10-24-48-101-74-45-41-60-29-16-18-32-65(60)79(74)89(2,3)76(101)36-13-7-6-8-14-37-77-90(4,5)80-66-33-19-17-30-61(66)42-46-75(80)102(77)49-25-26-50-118(113,114)115/h6-9,11-14,16-21,27-34,36-37,39-46,54,57,67,69-73,81,94,103H,10,15,22-26,35,38,47-53,55-56,91H2,1-5H3,(H10-,92,93,95,96,97,98,99,100,104,105,106,107,108,109,110,111,112,113,114,115)/p+1/t57-,67-,69+,70+,71-,72+,73+,81+/m1/s1. The summed E-state index contributed by atoms with van der Waals surface area (Å²) >= 11 is 0. The number of amides is 8. The first kappa shape index (κ1) is 87.9. The van der Waals surface area contributed by atoms with Crippen LogP contribution in [0.25, 0.3) is 32.4 Å². The number of unbranched alkanes of at least 4 members (excludes halogenated alkanes) is 4. The molecule has 0 spiro atoms. The maximum atomic E-state index is 15.2. The molecule has 25 nitrogen and oxygen atoms in total. The van der Waals surface area contributed by atoms with Crippen molar-refractivity contribution in [1.82, 2.24) is 42.2 Å². The Bertz CT molecular complexity index is 5260. The molecule has 8 aromatic rings. The van der Waals surface area contributed by atoms with Crippen LogP contribution in [-0.2, 0) is 78.6 Å². The highest BCUT2D eigenvalue weighted by molar-refractivity contribution is 8.76. The molecule has 0 aliphatic carbocycles. The van der Waals surface area contributed by atoms with Gasteiger partial charge in [0, 0.05) is 102 Å². The van der Waals surface area contributed by atoms with Crippen LogP contribution in [0.4, 0.5) is 11.4 Å². The second-order valence-electron chi connectivity index (χ2n) is 31.4. The molecule has 15 N–H and O–H groups in total. The number of H-pyrrole nitrogens is 1. The van der Waals surface area contributed by atoms with E-state index in [0.29, 0.717) is 49.9 Å². The monoisotopic (exact) mass is 1660 g/mol. The Labute approximate surface area is 696 Å². The highest BCUT2D eigenvalue weighted by Gasteiger charge is 2.46. The van der Waals surface area contributed by atoms with Crippen LogP contribution >= 0.6 is 21.6 Å². The Morgan fingerprint density at radius 1 is 0.653 bits per heavy atom. The molecule has 0 unspecified atom stereocenters. The first-order chi connectivity index (χ1) is 56.6. The predicted molar refractivity (Wildman–Crippen MR) is 467 cm³/mol. The fraction of sp³-hybridized carbons (Fsp3) is 0.367. The number of phenols is 1. The van der Waals surface area contributed by atoms with Gasteiger partial charge in [0.2, 0.25) is 52.9 Å². The highest BCUT2D eigenvalue weighted by Crippen LogP contribution is 2.51. The minimum absolute atomic E-state index is 0.0327. The lowest BCUT2D eigenvalue weighted by Gasteiger charge is -2.27. The van der Waals surface area contributed by atoms with Crippen LogP contribution in [-0.4, -0.2) is 171 Å². The van der Waals surface area contributed by atoms with Crippen molar-refractivity contribution in [3.8, 4) is 5.75 Å². The summed E-state index contributed by atoms with van der Waals surface area (Å²) in [5.41, 5.74) is 20.8. The lowest BCUT2D eigenvalue weighted by atomic mass is 9.79. The average molecular weight is 1660 g/mol. The van der Waals surface area contributed by atoms with Crippen molar-refractivity contribution in [3.63, 3.8) is 0 Å². The number of aromatic nitrogens is 1. The van der Waals surface area contributed by atoms with Gasteiger partial charge in [-0.3, -0.25) is 42.9 Å². The first-order valence-electron chi connectivity index (χ1n) is 40.1. The van der Waals surface area contributed by atoms with E-state index >= 15 is 9.59 Å². The van der Waals surface area contributed by atoms with Gasteiger partial charge >= 0.3 is 0 Å². The fourth-order valence-electron chi connectivity index (χ4n) is 15.8. The van der Waals surface area contributed by atoms with E-state index in [1.165, 1.54) is 41.0 Å². The number of primary amides is 1. The van der Waals surface area contributed by atoms with Crippen molar-refractivity contribution < 1.29 is 66.1 Å². The molecule has 8 atom stereocenters. The summed E-state index contributed by atoms with van der Waals surface area (Å²) in [4.78, 5) is 120. The minimum atomic E-state index is -4.08. The number of para-hydroxylation sites is 1. The lowest BCUT2D eigenvalue weighted by Crippen LogP contribution is -2.61. The number of hydrogen-bond acceptors (Lipinski definition) is 16. The number of benzene rings is 7. The van der Waals surface area contributed by atoms with E-state index in [0.717, 1.165) is 84.5 Å². The van der Waals surface area contributed by atoms with E-state index in [2.05, 4.69) is 152 Å². The summed E-state index contributed by atoms with van der Waals surface area (Å²) in [5.74, 6) is -6.82. The number of phenolic OH excluding ortho intramolecular Hbond substituents is 1. The van der Waals surface area contributed by atoms with Crippen LogP contribution in [0, 0.1) is 0 Å². The zero-order valence-electron chi connectivity index (χ0n) is 67.1. The van der Waals surface area contributed by atoms with Gasteiger partial charge in [0.05, 0.1) is 23.3 Å². The van der Waals surface area contributed by atoms with Crippen LogP contribution in [0.2, 0.25) is 0 Å². The first-order valence-corrected chi connectivity index (χ1v) is 44.2. The number of carbonyl (C=O) groups is 8. The van der Waals surface area contributed by atoms with E-state index in [9.17, 15) is 52.0 Å². The Morgan fingerprint density at radius 2 is 1.28 bits per heavy atom. The molecule has 622 valence electrons. The van der Waals surface area contributed by atoms with Gasteiger partial charge in [-0.15, -0.1) is 0 Å². The summed E-state index contributed by atoms with van der Waals surface area (Å²) in [6.45, 7) is 11.7. The number of rotatable bonds is 32. The number of anilines is 1. The number of nitrogens with two attached hydrogens (primary N) is 2. The molecular weight excluding hydrogens is 1550 g/mol. The second kappa shape index (κ2) is 40.5. The van der Waals surface area contributed by atoms with Crippen molar-refractivity contribution in [2.24, 2.45) is 11.5 Å². The van der Waals surface area contributed by atoms with Gasteiger partial charge in [-0.1, -0.05) is 187 Å². The molecule has 3 aliphatic rings. The van der Waals surface area contributed by atoms with Gasteiger partial charge < -0.3 is 68.8 Å². The van der Waals surface area contributed by atoms with Gasteiger partial charge in [-0.05, 0) is 146 Å². The Morgan fingerprint density at radius 3 is 1.99 bits per heavy atom. The SMILES string of the molecule is C[C@@H](O)[C@H](NC(=O)[C@@H]1CSSC[C@H](NC(=O)[C@H](N)Cc2ccccc2)C(=O)N[C@@H](Cc2ccc(O)cc2)C(=O)N[C@H](Cc2c[nH]c3ccccc23)C(=O)N[C@@H](CCCCNC(=O)CCCCCN2\C(=C/C=C/C=C/C=C/C3=[N+](CCCCS(=O)(=O)O)c4ccc5ccccc5c4C3(C)C)C(C)(C)c3c2ccc2ccccc32)C(=O)N1)C(N)=O. The maximum Gasteiger partial charge on any atom is 0.264 e. The van der Waals surface area contributed by atoms with Crippen molar-refractivity contribution in [1.29, 1.82) is 0 Å². The van der Waals surface area contributed by atoms with E-state index in [1.54, 1.807) is 42.6 Å². The Hall–Kier alpha value is -10.9. The van der Waals surface area contributed by atoms with Crippen molar-refractivity contribution in [3.05, 3.63) is 234 Å². The lowest BCUT2D eigenvalue weighted by molar-refractivity contribution is -0.438. The van der Waals surface area contributed by atoms with Gasteiger partial charge in [0.15, 0.2) is 5.71 Å². The summed E-state index contributed by atoms with van der Waals surface area (Å²) in [7, 11) is -2.02. The van der Waals surface area contributed by atoms with E-state index in [1.807, 2.05) is 72.8 Å². The summed E-state index contributed by atoms with van der Waals surface area (Å²) in [6.07, 6.45) is 18.4. The second-order valence-corrected chi connectivity index (χ2v) is 35.5. The third-order valence-electron chi connectivity index (χ3n) is 21.9. The molecule has 1 saturated heterocycles. The number of aliphatic hydroxyl groups is 1. The summed E-state index contributed by atoms with van der Waals surface area (Å²) in [6, 6.07) is 38.0. The smallest absolute Gasteiger partial charge is 0.264 e. The largest absolute Gasteiger partial charge is 0.508 e. The fourth-order valence-corrected chi connectivity index (χ4v) is 18.7. The predicted octanol–water partition coefficient (Wildman–Crippen LogP) is 9.65. The third kappa shape index (κ3) is 22.7. The quantitative estimate of drug-likeness (QED) is 0.00613. The molecule has 0 radical (unpaired) electrons. The van der Waals surface area contributed by atoms with E-state index in [4.69, 9.17) is 11.5 Å². The zero-order chi connectivity index (χ0) is 84.3. The molecule has 118 heavy (non-hydrogen) atoms. The van der Waals surface area contributed by atoms with Crippen molar-refractivity contribution >= 4 is 128 Å². The zero-order valence-corrected chi connectivity index (χ0v) is 69.5. The minimum Gasteiger partial charge on any atom is -0.508 e. The van der Waals surface area contributed by atoms with Crippen LogP contribution in [0.5, 0.6) is 5.75 Å². The molecule has 11 rings (SSSR count). The number of aromatic amines is 1. The Kier molecular flexibility index (Phi) is 30.2. The molecule has 8 amide bonds. The maximum absolute atomic E-state index is 15.2. The van der Waals surface area contributed by atoms with Gasteiger partial charge in [-0.25, -0.2) is 0 Å². The van der Waals surface area contributed by atoms with E-state index < -0.39 is 99.9 Å². The van der Waals surface area contributed by atoms with Gasteiger partial charge in [0.25, 0.3) is 10.1 Å². The number of allylic oxidation sites excluding steroid dienone is 8. The van der Waals surface area contributed by atoms with E-state index in [-0.39, 0.29) is 84.8 Å². The summed E-state index contributed by atoms with van der Waals surface area (Å²) in [5, 5.41) is 45.7. The molecule has 0 bridgehead atoms. The molecule has 0 saturated carbocycles. The topological polar surface area (TPSA) is 390 Å². The normalized spacial score (nSPS) is 19.8. The number of carbonyl (C=O) groups excluding carboxylic acids is 8. The van der Waals surface area contributed by atoms with Crippen molar-refractivity contribution in [2.75, 3.05) is 41.8 Å². The summed E-state index contributed by atoms with van der Waals surface area (Å²) < 4.78 is 35.0. The van der Waals surface area contributed by atoms with Gasteiger partial charge in [0.1, 0.15) is 48.5 Å². The number of nitrogens with zero attached hydrogens (tertiary/aromatic N) is 2. The molecule has 1 aromatic heterocycles. The number of nitrogens with one attached hydrogen (secondary N) is 8. The highest BCUT2D eigenvalue weighted by atomic mass is 33.1. The number of aliphatic hydroxyl groups excluding tert-OH is 1. The number of hydrogen-bond donors (Lipinski definition) is 13. The number of fused-ring (bicyclic) bond motifs is 7. The molecule has 3 aliphatic heterocycles. The molecule has 4 heterocycles. The molecule has 7 aromatic carbocycles. The average Bonchev–Trinajstić information content (AvgIpc) is 1.58. The third-order valence-corrected chi connectivity index (χ3v) is 25.2. The molecule has 28 heteroatoms. The van der Waals surface area contributed by atoms with Crippen LogP contribution in [0.1, 0.15) is 120 Å². The molecular formula is C90H107N12O13S3+. The Balaban J connectivity index is 0.762. The van der Waals surface area contributed by atoms with Gasteiger partial charge in [-0.2, -0.15) is 13.0 Å². The van der Waals surface area contributed by atoms with Crippen LogP contribution in [0.15, 0.2) is 206 Å². The number of aromatic hydroxyl groups is 1. The van der Waals surface area contributed by atoms with Crippen LogP contribution < -0.4 is 53.6 Å².